The molecule has 0 bridgehead atoms. The maximum Gasteiger partial charge on any atom is 0.238 e. The molecule has 6 nitrogen and oxygen atoms in total. The number of carbonyl (C=O) groups excluding carboxylic acids is 1. The number of carbonyl (C=O) groups is 1. The van der Waals surface area contributed by atoms with Crippen molar-refractivity contribution in [3.8, 4) is 0 Å². The van der Waals surface area contributed by atoms with Crippen LogP contribution in [-0.4, -0.2) is 49.6 Å². The Morgan fingerprint density at radius 2 is 2.10 bits per heavy atom. The summed E-state index contributed by atoms with van der Waals surface area (Å²) in [6.45, 7) is 4.66. The monoisotopic (exact) mass is 341 g/mol. The molecule has 126 valence electrons. The van der Waals surface area contributed by atoms with Crippen molar-refractivity contribution in [3.05, 3.63) is 0 Å². The molecule has 0 aromatic rings. The van der Waals surface area contributed by atoms with Gasteiger partial charge in [-0.25, -0.2) is 8.42 Å². The third-order valence-corrected chi connectivity index (χ3v) is 5.55. The highest BCUT2D eigenvalue weighted by atomic mass is 35.5. The number of piperidine rings is 1. The Morgan fingerprint density at radius 1 is 1.43 bits per heavy atom. The Labute approximate surface area is 134 Å². The molecule has 0 spiro atoms. The molecule has 1 fully saturated rings. The molecule has 1 saturated heterocycles. The summed E-state index contributed by atoms with van der Waals surface area (Å²) in [4.78, 5) is 12.2. The Kier molecular flexibility index (Phi) is 9.44. The van der Waals surface area contributed by atoms with Gasteiger partial charge in [0, 0.05) is 19.1 Å². The van der Waals surface area contributed by atoms with Crippen LogP contribution in [0, 0.1) is 0 Å². The second-order valence-corrected chi connectivity index (χ2v) is 7.54. The molecule has 2 unspecified atom stereocenters. The van der Waals surface area contributed by atoms with E-state index in [2.05, 4.69) is 5.32 Å². The van der Waals surface area contributed by atoms with Crippen LogP contribution >= 0.6 is 12.4 Å². The van der Waals surface area contributed by atoms with Gasteiger partial charge in [0.2, 0.25) is 15.9 Å². The van der Waals surface area contributed by atoms with Gasteiger partial charge in [-0.1, -0.05) is 13.3 Å². The number of rotatable bonds is 7. The van der Waals surface area contributed by atoms with E-state index in [0.29, 0.717) is 32.4 Å². The lowest BCUT2D eigenvalue weighted by molar-refractivity contribution is -0.125. The van der Waals surface area contributed by atoms with E-state index in [1.54, 1.807) is 0 Å². The molecule has 8 heteroatoms. The molecule has 2 atom stereocenters. The van der Waals surface area contributed by atoms with Crippen LogP contribution in [0.15, 0.2) is 0 Å². The molecule has 0 aromatic heterocycles. The minimum atomic E-state index is -3.32. The van der Waals surface area contributed by atoms with Crippen molar-refractivity contribution in [3.63, 3.8) is 0 Å². The van der Waals surface area contributed by atoms with E-state index in [9.17, 15) is 13.2 Å². The fraction of sp³-hybridized carbons (Fsp3) is 0.923. The molecule has 1 heterocycles. The van der Waals surface area contributed by atoms with Crippen LogP contribution in [0.25, 0.3) is 0 Å². The molecular formula is C13H28ClN3O3S. The summed E-state index contributed by atoms with van der Waals surface area (Å²) in [6.07, 6.45) is 3.58. The summed E-state index contributed by atoms with van der Waals surface area (Å²) >= 11 is 0. The lowest BCUT2D eigenvalue weighted by atomic mass is 10.0. The largest absolute Gasteiger partial charge is 0.355 e. The Hall–Kier alpha value is -0.370. The zero-order chi connectivity index (χ0) is 15.2. The van der Waals surface area contributed by atoms with Gasteiger partial charge in [0.25, 0.3) is 0 Å². The first-order valence-electron chi connectivity index (χ1n) is 7.41. The average molecular weight is 342 g/mol. The second-order valence-electron chi connectivity index (χ2n) is 5.50. The van der Waals surface area contributed by atoms with Gasteiger partial charge in [0.15, 0.2) is 0 Å². The van der Waals surface area contributed by atoms with Gasteiger partial charge in [0.1, 0.15) is 6.04 Å². The maximum atomic E-state index is 12.2. The number of hydrogen-bond donors (Lipinski definition) is 2. The van der Waals surface area contributed by atoms with Gasteiger partial charge in [-0.05, 0) is 32.6 Å². The highest BCUT2D eigenvalue weighted by Crippen LogP contribution is 2.21. The van der Waals surface area contributed by atoms with E-state index in [0.717, 1.165) is 12.8 Å². The normalized spacial score (nSPS) is 21.4. The molecule has 1 aliphatic rings. The van der Waals surface area contributed by atoms with E-state index >= 15 is 0 Å². The summed E-state index contributed by atoms with van der Waals surface area (Å²) in [6, 6.07) is -0.519. The molecule has 0 saturated carbocycles. The third-order valence-electron chi connectivity index (χ3n) is 3.47. The summed E-state index contributed by atoms with van der Waals surface area (Å²) < 4.78 is 25.8. The number of sulfonamides is 1. The van der Waals surface area contributed by atoms with Crippen molar-refractivity contribution < 1.29 is 13.2 Å². The van der Waals surface area contributed by atoms with E-state index in [-0.39, 0.29) is 30.1 Å². The summed E-state index contributed by atoms with van der Waals surface area (Å²) in [5, 5.41) is 2.80. The third kappa shape index (κ3) is 6.50. The molecule has 0 aliphatic carbocycles. The fourth-order valence-corrected chi connectivity index (χ4v) is 4.16. The number of nitrogens with two attached hydrogens (primary N) is 1. The van der Waals surface area contributed by atoms with Gasteiger partial charge in [-0.2, -0.15) is 4.31 Å². The first-order valence-corrected chi connectivity index (χ1v) is 9.02. The van der Waals surface area contributed by atoms with Crippen molar-refractivity contribution >= 4 is 28.3 Å². The van der Waals surface area contributed by atoms with Crippen LogP contribution in [-0.2, 0) is 14.8 Å². The molecule has 1 rings (SSSR count). The smallest absolute Gasteiger partial charge is 0.238 e. The molecule has 1 aliphatic heterocycles. The molecule has 0 aromatic carbocycles. The average Bonchev–Trinajstić information content (AvgIpc) is 2.38. The quantitative estimate of drug-likeness (QED) is 0.718. The zero-order valence-electron chi connectivity index (χ0n) is 12.9. The first kappa shape index (κ1) is 20.6. The van der Waals surface area contributed by atoms with Crippen LogP contribution in [0.2, 0.25) is 0 Å². The van der Waals surface area contributed by atoms with Crippen LogP contribution < -0.4 is 11.1 Å². The van der Waals surface area contributed by atoms with Crippen LogP contribution in [0.3, 0.4) is 0 Å². The molecule has 0 radical (unpaired) electrons. The SMILES string of the molecule is CCCS(=O)(=O)N1CCCCC1C(=O)NCCC(C)N.Cl. The molecule has 3 N–H and O–H groups in total. The minimum Gasteiger partial charge on any atom is -0.355 e. The Morgan fingerprint density at radius 3 is 2.67 bits per heavy atom. The molecule has 1 amide bonds. The standard InChI is InChI=1S/C13H27N3O3S.ClH/c1-3-10-20(18,19)16-9-5-4-6-12(16)13(17)15-8-7-11(2)14;/h11-12H,3-10,14H2,1-2H3,(H,15,17);1H. The van der Waals surface area contributed by atoms with Gasteiger partial charge in [0.05, 0.1) is 5.75 Å². The van der Waals surface area contributed by atoms with Crippen molar-refractivity contribution in [2.75, 3.05) is 18.8 Å². The van der Waals surface area contributed by atoms with Gasteiger partial charge < -0.3 is 11.1 Å². The van der Waals surface area contributed by atoms with Gasteiger partial charge in [-0.15, -0.1) is 12.4 Å². The van der Waals surface area contributed by atoms with Crippen molar-refractivity contribution in [1.29, 1.82) is 0 Å². The van der Waals surface area contributed by atoms with Crippen molar-refractivity contribution in [2.24, 2.45) is 5.73 Å². The predicted octanol–water partition coefficient (Wildman–Crippen LogP) is 0.856. The highest BCUT2D eigenvalue weighted by molar-refractivity contribution is 7.89. The number of halogens is 1. The number of nitrogens with zero attached hydrogens (tertiary/aromatic N) is 1. The first-order chi connectivity index (χ1) is 9.38. The lowest BCUT2D eigenvalue weighted by Crippen LogP contribution is -2.52. The summed E-state index contributed by atoms with van der Waals surface area (Å²) in [7, 11) is -3.32. The minimum absolute atomic E-state index is 0. The van der Waals surface area contributed by atoms with E-state index in [1.165, 1.54) is 4.31 Å². The van der Waals surface area contributed by atoms with Gasteiger partial charge >= 0.3 is 0 Å². The topological polar surface area (TPSA) is 92.5 Å². The van der Waals surface area contributed by atoms with Crippen molar-refractivity contribution in [1.82, 2.24) is 9.62 Å². The van der Waals surface area contributed by atoms with Gasteiger partial charge in [-0.3, -0.25) is 4.79 Å². The fourth-order valence-electron chi connectivity index (χ4n) is 2.42. The van der Waals surface area contributed by atoms with Crippen molar-refractivity contribution in [2.45, 2.75) is 58.0 Å². The van der Waals surface area contributed by atoms with Crippen LogP contribution in [0.1, 0.15) is 46.0 Å². The van der Waals surface area contributed by atoms with Crippen LogP contribution in [0.5, 0.6) is 0 Å². The Bertz CT molecular complexity index is 415. The lowest BCUT2D eigenvalue weighted by Gasteiger charge is -2.33. The Balaban J connectivity index is 0.00000400. The predicted molar refractivity (Wildman–Crippen MR) is 86.9 cm³/mol. The molecule has 21 heavy (non-hydrogen) atoms. The second kappa shape index (κ2) is 9.61. The summed E-state index contributed by atoms with van der Waals surface area (Å²) in [5.74, 6) is -0.0820. The maximum absolute atomic E-state index is 12.2. The zero-order valence-corrected chi connectivity index (χ0v) is 14.5. The van der Waals surface area contributed by atoms with E-state index in [1.807, 2.05) is 13.8 Å². The van der Waals surface area contributed by atoms with E-state index < -0.39 is 16.1 Å². The number of amides is 1. The molecular weight excluding hydrogens is 314 g/mol. The highest BCUT2D eigenvalue weighted by Gasteiger charge is 2.35. The van der Waals surface area contributed by atoms with E-state index in [4.69, 9.17) is 5.73 Å². The van der Waals surface area contributed by atoms with Crippen LogP contribution in [0.4, 0.5) is 0 Å². The number of nitrogens with one attached hydrogen (secondary N) is 1. The number of hydrogen-bond acceptors (Lipinski definition) is 4. The summed E-state index contributed by atoms with van der Waals surface area (Å²) in [5.41, 5.74) is 5.64.